The first-order valence-electron chi connectivity index (χ1n) is 8.10. The van der Waals surface area contributed by atoms with E-state index in [1.807, 2.05) is 12.1 Å². The van der Waals surface area contributed by atoms with Gasteiger partial charge < -0.3 is 10.2 Å². The molecule has 0 spiro atoms. The van der Waals surface area contributed by atoms with E-state index in [4.69, 9.17) is 11.6 Å². The van der Waals surface area contributed by atoms with Crippen molar-refractivity contribution in [2.24, 2.45) is 0 Å². The zero-order valence-corrected chi connectivity index (χ0v) is 17.3. The molecule has 2 N–H and O–H groups in total. The van der Waals surface area contributed by atoms with Crippen LogP contribution >= 0.6 is 38.9 Å². The number of nitrogens with zero attached hydrogens (tertiary/aromatic N) is 2. The predicted octanol–water partition coefficient (Wildman–Crippen LogP) is 5.66. The van der Waals surface area contributed by atoms with Gasteiger partial charge in [-0.05, 0) is 36.4 Å². The molecule has 0 fully saturated rings. The number of benzene rings is 2. The minimum atomic E-state index is -0.495. The molecule has 140 valence electrons. The zero-order valence-electron chi connectivity index (χ0n) is 14.1. The lowest BCUT2D eigenvalue weighted by molar-refractivity contribution is 0.103. The second-order valence-electron chi connectivity index (χ2n) is 5.89. The molecule has 0 aliphatic carbocycles. The van der Waals surface area contributed by atoms with Crippen LogP contribution in [0.4, 0.5) is 0 Å². The van der Waals surface area contributed by atoms with E-state index in [1.165, 1.54) is 15.9 Å². The lowest BCUT2D eigenvalue weighted by Crippen LogP contribution is -2.04. The van der Waals surface area contributed by atoms with Crippen LogP contribution < -0.4 is 0 Å². The summed E-state index contributed by atoms with van der Waals surface area (Å²) in [7, 11) is 0. The topological polar surface area (TPSA) is 75.3 Å². The van der Waals surface area contributed by atoms with Gasteiger partial charge in [-0.3, -0.25) is 9.36 Å². The number of carbonyl (C=O) groups is 1. The molecule has 2 aromatic carbocycles. The summed E-state index contributed by atoms with van der Waals surface area (Å²) in [6.07, 6.45) is 1.59. The third-order valence-corrected chi connectivity index (χ3v) is 5.66. The lowest BCUT2D eigenvalue weighted by Gasteiger charge is -2.10. The van der Waals surface area contributed by atoms with Gasteiger partial charge in [0.05, 0.1) is 11.3 Å². The Kier molecular flexibility index (Phi) is 4.97. The number of ketones is 1. The molecule has 4 rings (SSSR count). The van der Waals surface area contributed by atoms with Crippen molar-refractivity contribution in [2.45, 2.75) is 0 Å². The van der Waals surface area contributed by atoms with Crippen molar-refractivity contribution in [1.29, 1.82) is 0 Å². The van der Waals surface area contributed by atoms with Crippen LogP contribution in [0.5, 0.6) is 11.6 Å². The van der Waals surface area contributed by atoms with Gasteiger partial charge in [0.2, 0.25) is 5.88 Å². The average molecular weight is 476 g/mol. The van der Waals surface area contributed by atoms with Crippen LogP contribution in [0.2, 0.25) is 5.02 Å². The molecule has 5 nitrogen and oxygen atoms in total. The van der Waals surface area contributed by atoms with Crippen molar-refractivity contribution in [3.63, 3.8) is 0 Å². The molecular weight excluding hydrogens is 464 g/mol. The molecule has 0 saturated carbocycles. The van der Waals surface area contributed by atoms with Crippen molar-refractivity contribution in [3.05, 3.63) is 80.7 Å². The Bertz CT molecular complexity index is 1170. The van der Waals surface area contributed by atoms with Crippen LogP contribution in [-0.2, 0) is 0 Å². The van der Waals surface area contributed by atoms with Gasteiger partial charge in [0.15, 0.2) is 16.7 Å². The molecule has 0 atom stereocenters. The molecule has 0 aliphatic heterocycles. The van der Waals surface area contributed by atoms with E-state index in [0.717, 1.165) is 4.47 Å². The zero-order chi connectivity index (χ0) is 19.8. The number of carbonyl (C=O) groups excluding carboxylic acids is 1. The summed E-state index contributed by atoms with van der Waals surface area (Å²) >= 11 is 10.6. The molecule has 0 bridgehead atoms. The van der Waals surface area contributed by atoms with Crippen molar-refractivity contribution in [3.8, 4) is 28.0 Å². The molecule has 2 heterocycles. The lowest BCUT2D eigenvalue weighted by atomic mass is 9.99. The third kappa shape index (κ3) is 3.22. The van der Waals surface area contributed by atoms with E-state index in [2.05, 4.69) is 20.9 Å². The first kappa shape index (κ1) is 18.7. The van der Waals surface area contributed by atoms with Crippen LogP contribution in [0.25, 0.3) is 16.4 Å². The highest BCUT2D eigenvalue weighted by molar-refractivity contribution is 9.10. The number of halogens is 2. The van der Waals surface area contributed by atoms with Crippen molar-refractivity contribution < 1.29 is 15.0 Å². The number of aromatic hydroxyl groups is 2. The summed E-state index contributed by atoms with van der Waals surface area (Å²) in [5.41, 5.74) is 1.32. The highest BCUT2D eigenvalue weighted by Gasteiger charge is 2.30. The Labute approximate surface area is 177 Å². The number of hydrogen-bond acceptors (Lipinski definition) is 5. The quantitative estimate of drug-likeness (QED) is 0.374. The molecular formula is C20H12BrClN2O3S. The van der Waals surface area contributed by atoms with Crippen LogP contribution in [-0.4, -0.2) is 25.5 Å². The molecule has 4 aromatic rings. The van der Waals surface area contributed by atoms with E-state index >= 15 is 0 Å². The number of aromatic nitrogens is 2. The number of hydrogen-bond donors (Lipinski definition) is 2. The molecule has 0 radical (unpaired) electrons. The minimum Gasteiger partial charge on any atom is -0.503 e. The Morgan fingerprint density at radius 3 is 2.54 bits per heavy atom. The fraction of sp³-hybridized carbons (Fsp3) is 0. The van der Waals surface area contributed by atoms with Crippen LogP contribution in [0.3, 0.4) is 0 Å². The van der Waals surface area contributed by atoms with Crippen molar-refractivity contribution in [1.82, 2.24) is 9.55 Å². The summed E-state index contributed by atoms with van der Waals surface area (Å²) in [4.78, 5) is 17.5. The van der Waals surface area contributed by atoms with Crippen molar-refractivity contribution in [2.75, 3.05) is 0 Å². The molecule has 2 aromatic heterocycles. The predicted molar refractivity (Wildman–Crippen MR) is 113 cm³/mol. The fourth-order valence-corrected chi connectivity index (χ4v) is 4.10. The molecule has 28 heavy (non-hydrogen) atoms. The maximum atomic E-state index is 13.2. The maximum absolute atomic E-state index is 13.2. The van der Waals surface area contributed by atoms with Crippen LogP contribution in [0, 0.1) is 0 Å². The van der Waals surface area contributed by atoms with Gasteiger partial charge in [-0.25, -0.2) is 4.98 Å². The standard InChI is InChI=1S/C20H12BrClN2O3S/c21-13-3-1-2-12(10-13)16-15(17(25)11-4-6-14(22)7-5-11)18(26)19(27)24(16)20-23-8-9-28-20/h1-10,26-27H. The van der Waals surface area contributed by atoms with Gasteiger partial charge in [0.25, 0.3) is 0 Å². The van der Waals surface area contributed by atoms with Gasteiger partial charge in [-0.1, -0.05) is 39.7 Å². The first-order chi connectivity index (χ1) is 13.5. The smallest absolute Gasteiger partial charge is 0.242 e. The van der Waals surface area contributed by atoms with Crippen LogP contribution in [0.15, 0.2) is 64.6 Å². The third-order valence-electron chi connectivity index (χ3n) is 4.16. The highest BCUT2D eigenvalue weighted by atomic mass is 79.9. The van der Waals surface area contributed by atoms with Gasteiger partial charge in [-0.15, -0.1) is 11.3 Å². The fourth-order valence-electron chi connectivity index (χ4n) is 2.93. The van der Waals surface area contributed by atoms with Gasteiger partial charge in [-0.2, -0.15) is 0 Å². The Morgan fingerprint density at radius 2 is 1.89 bits per heavy atom. The minimum absolute atomic E-state index is 0.00637. The maximum Gasteiger partial charge on any atom is 0.242 e. The largest absolute Gasteiger partial charge is 0.503 e. The Morgan fingerprint density at radius 1 is 1.14 bits per heavy atom. The molecule has 0 saturated heterocycles. The second kappa shape index (κ2) is 7.43. The normalized spacial score (nSPS) is 10.9. The number of thiazole rings is 1. The summed E-state index contributed by atoms with van der Waals surface area (Å²) in [5, 5.41) is 24.0. The average Bonchev–Trinajstić information content (AvgIpc) is 3.29. The Balaban J connectivity index is 2.02. The van der Waals surface area contributed by atoms with E-state index in [0.29, 0.717) is 27.0 Å². The summed E-state index contributed by atoms with van der Waals surface area (Å²) in [5.74, 6) is -1.37. The molecule has 0 amide bonds. The van der Waals surface area contributed by atoms with Gasteiger partial charge >= 0.3 is 0 Å². The molecule has 8 heteroatoms. The van der Waals surface area contributed by atoms with Crippen LogP contribution in [0.1, 0.15) is 15.9 Å². The summed E-state index contributed by atoms with van der Waals surface area (Å²) in [6, 6.07) is 13.6. The van der Waals surface area contributed by atoms with E-state index in [-0.39, 0.29) is 5.56 Å². The van der Waals surface area contributed by atoms with Crippen molar-refractivity contribution >= 4 is 44.7 Å². The monoisotopic (exact) mass is 474 g/mol. The molecule has 0 unspecified atom stereocenters. The summed E-state index contributed by atoms with van der Waals surface area (Å²) < 4.78 is 2.17. The van der Waals surface area contributed by atoms with Gasteiger partial charge in [0, 0.05) is 32.2 Å². The SMILES string of the molecule is O=C(c1ccc(Cl)cc1)c1c(O)c(O)n(-c2nccs2)c1-c1cccc(Br)c1. The van der Waals surface area contributed by atoms with E-state index < -0.39 is 17.4 Å². The first-order valence-corrected chi connectivity index (χ1v) is 10.1. The Hall–Kier alpha value is -2.61. The highest BCUT2D eigenvalue weighted by Crippen LogP contribution is 2.44. The molecule has 0 aliphatic rings. The number of rotatable bonds is 4. The summed E-state index contributed by atoms with van der Waals surface area (Å²) in [6.45, 7) is 0. The van der Waals surface area contributed by atoms with E-state index in [1.54, 1.807) is 48.0 Å². The van der Waals surface area contributed by atoms with E-state index in [9.17, 15) is 15.0 Å². The second-order valence-corrected chi connectivity index (χ2v) is 8.12. The van der Waals surface area contributed by atoms with Gasteiger partial charge in [0.1, 0.15) is 0 Å².